The zero-order valence-corrected chi connectivity index (χ0v) is 26.3. The highest BCUT2D eigenvalue weighted by atomic mass is 32.2. The van der Waals surface area contributed by atoms with E-state index in [2.05, 4.69) is 25.7 Å². The van der Waals surface area contributed by atoms with Crippen molar-refractivity contribution in [3.05, 3.63) is 78.4 Å². The molecule has 1 aromatic heterocycles. The van der Waals surface area contributed by atoms with Crippen LogP contribution >= 0.6 is 11.3 Å². The first-order valence-corrected chi connectivity index (χ1v) is 16.5. The van der Waals surface area contributed by atoms with Crippen LogP contribution in [0.4, 0.5) is 29.7 Å². The molecule has 1 heterocycles. The summed E-state index contributed by atoms with van der Waals surface area (Å²) in [6.07, 6.45) is -4.24. The molecule has 0 aliphatic carbocycles. The fourth-order valence-electron chi connectivity index (χ4n) is 4.62. The number of nitrogens with zero attached hydrogens (tertiary/aromatic N) is 1. The van der Waals surface area contributed by atoms with Gasteiger partial charge >= 0.3 is 6.18 Å². The van der Waals surface area contributed by atoms with Crippen LogP contribution in [0.3, 0.4) is 0 Å². The highest BCUT2D eigenvalue weighted by molar-refractivity contribution is 7.93. The summed E-state index contributed by atoms with van der Waals surface area (Å²) in [6.45, 7) is 0.348. The van der Waals surface area contributed by atoms with Crippen molar-refractivity contribution in [1.82, 2.24) is 10.3 Å². The molecule has 15 heteroatoms. The predicted molar refractivity (Wildman–Crippen MR) is 175 cm³/mol. The monoisotopic (exact) mass is 675 g/mol. The number of hydrogen-bond donors (Lipinski definition) is 5. The second-order valence-electron chi connectivity index (χ2n) is 10.1. The quantitative estimate of drug-likeness (QED) is 0.0828. The molecule has 0 spiro atoms. The standard InChI is InChI=1S/C31H32F3N5O5S2/c1-43-26-4-2-3-21(29(26)40)18-37-22-6-9-24(10-7-22)46(41,42)39-30-38-28-25-11-8-23(17-20(25)5-12-27(28)45-30)36-14-16-44-15-13-35-19-31(32,33)34/h2-12,17,35-37,40H,13-16,18-19H2,1H3,(H,38,39). The number of methoxy groups -OCH3 is 1. The van der Waals surface area contributed by atoms with E-state index < -0.39 is 22.7 Å². The Morgan fingerprint density at radius 3 is 2.46 bits per heavy atom. The molecule has 10 nitrogen and oxygen atoms in total. The van der Waals surface area contributed by atoms with Crippen molar-refractivity contribution in [2.24, 2.45) is 0 Å². The maximum Gasteiger partial charge on any atom is 0.401 e. The van der Waals surface area contributed by atoms with Gasteiger partial charge in [-0.05, 0) is 53.9 Å². The third kappa shape index (κ3) is 8.48. The largest absolute Gasteiger partial charge is 0.504 e. The topological polar surface area (TPSA) is 134 Å². The second-order valence-corrected chi connectivity index (χ2v) is 12.9. The molecule has 5 N–H and O–H groups in total. The van der Waals surface area contributed by atoms with Gasteiger partial charge in [-0.1, -0.05) is 35.6 Å². The molecular weight excluding hydrogens is 643 g/mol. The summed E-state index contributed by atoms with van der Waals surface area (Å²) in [6, 6.07) is 21.0. The highest BCUT2D eigenvalue weighted by Crippen LogP contribution is 2.34. The summed E-state index contributed by atoms with van der Waals surface area (Å²) in [7, 11) is -2.43. The maximum atomic E-state index is 13.2. The van der Waals surface area contributed by atoms with Crippen LogP contribution < -0.4 is 25.4 Å². The SMILES string of the molecule is COc1cccc(CNc2ccc(S(=O)(=O)Nc3nc4c(ccc5cc(NCCOCCNCC(F)(F)F)ccc54)s3)cc2)c1O. The van der Waals surface area contributed by atoms with Gasteiger partial charge in [-0.25, -0.2) is 13.4 Å². The third-order valence-electron chi connectivity index (χ3n) is 6.87. The molecule has 0 saturated carbocycles. The van der Waals surface area contributed by atoms with Crippen molar-refractivity contribution >= 4 is 58.9 Å². The third-order valence-corrected chi connectivity index (χ3v) is 9.29. The van der Waals surface area contributed by atoms with Gasteiger partial charge in [-0.15, -0.1) is 0 Å². The number of phenols is 1. The van der Waals surface area contributed by atoms with Crippen LogP contribution in [0, 0.1) is 0 Å². The van der Waals surface area contributed by atoms with Gasteiger partial charge < -0.3 is 30.5 Å². The van der Waals surface area contributed by atoms with Gasteiger partial charge in [-0.2, -0.15) is 13.2 Å². The summed E-state index contributed by atoms with van der Waals surface area (Å²) in [5.41, 5.74) is 2.81. The number of ether oxygens (including phenoxy) is 2. The number of hydrogen-bond acceptors (Lipinski definition) is 10. The maximum absolute atomic E-state index is 13.2. The molecule has 4 aromatic carbocycles. The van der Waals surface area contributed by atoms with E-state index in [1.54, 1.807) is 30.3 Å². The Morgan fingerprint density at radius 2 is 1.70 bits per heavy atom. The average molecular weight is 676 g/mol. The van der Waals surface area contributed by atoms with Gasteiger partial charge in [0.2, 0.25) is 0 Å². The number of aromatic hydroxyl groups is 1. The average Bonchev–Trinajstić information content (AvgIpc) is 3.43. The van der Waals surface area contributed by atoms with Crippen molar-refractivity contribution < 1.29 is 36.2 Å². The molecule has 0 amide bonds. The van der Waals surface area contributed by atoms with Gasteiger partial charge in [0.05, 0.1) is 42.0 Å². The first-order chi connectivity index (χ1) is 22.0. The number of aromatic nitrogens is 1. The number of alkyl halides is 3. The number of sulfonamides is 1. The van der Waals surface area contributed by atoms with E-state index in [-0.39, 0.29) is 28.9 Å². The van der Waals surface area contributed by atoms with Gasteiger partial charge in [-0.3, -0.25) is 4.72 Å². The van der Waals surface area contributed by atoms with Gasteiger partial charge in [0, 0.05) is 42.0 Å². The predicted octanol–water partition coefficient (Wildman–Crippen LogP) is 6.16. The Kier molecular flexibility index (Phi) is 10.4. The minimum atomic E-state index is -4.24. The van der Waals surface area contributed by atoms with Crippen molar-refractivity contribution in [3.8, 4) is 11.5 Å². The minimum Gasteiger partial charge on any atom is -0.504 e. The molecule has 0 aliphatic rings. The summed E-state index contributed by atoms with van der Waals surface area (Å²) < 4.78 is 76.6. The smallest absolute Gasteiger partial charge is 0.401 e. The van der Waals surface area contributed by atoms with Crippen LogP contribution in [-0.4, -0.2) is 64.6 Å². The number of halogens is 3. The van der Waals surface area contributed by atoms with Crippen LogP contribution in [-0.2, 0) is 21.3 Å². The van der Waals surface area contributed by atoms with E-state index in [0.717, 1.165) is 21.2 Å². The molecule has 5 aromatic rings. The van der Waals surface area contributed by atoms with E-state index in [9.17, 15) is 26.7 Å². The number of benzene rings is 4. The molecule has 0 saturated heterocycles. The number of thiazole rings is 1. The molecule has 0 bridgehead atoms. The Morgan fingerprint density at radius 1 is 0.935 bits per heavy atom. The van der Waals surface area contributed by atoms with Gasteiger partial charge in [0.25, 0.3) is 10.0 Å². The van der Waals surface area contributed by atoms with E-state index in [1.807, 2.05) is 30.3 Å². The number of anilines is 3. The summed E-state index contributed by atoms with van der Waals surface area (Å²) in [4.78, 5) is 4.65. The molecule has 0 unspecified atom stereocenters. The summed E-state index contributed by atoms with van der Waals surface area (Å²) in [5, 5.41) is 20.9. The Hall–Kier alpha value is -4.31. The van der Waals surface area contributed by atoms with Gasteiger partial charge in [0.1, 0.15) is 0 Å². The fraction of sp³-hybridized carbons (Fsp3) is 0.258. The fourth-order valence-corrected chi connectivity index (χ4v) is 6.73. The van der Waals surface area contributed by atoms with Crippen molar-refractivity contribution in [2.75, 3.05) is 55.3 Å². The van der Waals surface area contributed by atoms with Crippen LogP contribution in [0.2, 0.25) is 0 Å². The molecule has 0 fully saturated rings. The second kappa shape index (κ2) is 14.4. The van der Waals surface area contributed by atoms with Crippen molar-refractivity contribution in [1.29, 1.82) is 0 Å². The first kappa shape index (κ1) is 33.1. The van der Waals surface area contributed by atoms with Crippen LogP contribution in [0.5, 0.6) is 11.5 Å². The lowest BCUT2D eigenvalue weighted by Crippen LogP contribution is -2.31. The highest BCUT2D eigenvalue weighted by Gasteiger charge is 2.25. The Bertz CT molecular complexity index is 1900. The zero-order chi connectivity index (χ0) is 32.7. The van der Waals surface area contributed by atoms with Gasteiger partial charge in [0.15, 0.2) is 16.6 Å². The number of fused-ring (bicyclic) bond motifs is 3. The molecular formula is C31H32F3N5O5S2. The van der Waals surface area contributed by atoms with Crippen LogP contribution in [0.15, 0.2) is 77.7 Å². The number of nitrogens with one attached hydrogen (secondary N) is 4. The normalized spacial score (nSPS) is 12.0. The molecule has 0 radical (unpaired) electrons. The van der Waals surface area contributed by atoms with E-state index >= 15 is 0 Å². The molecule has 244 valence electrons. The summed E-state index contributed by atoms with van der Waals surface area (Å²) in [5.74, 6) is 0.412. The molecule has 0 aliphatic heterocycles. The molecule has 0 atom stereocenters. The Labute approximate surface area is 267 Å². The van der Waals surface area contributed by atoms with Crippen LogP contribution in [0.1, 0.15) is 5.56 Å². The minimum absolute atomic E-state index is 0.0430. The Balaban J connectivity index is 1.17. The number of phenolic OH excluding ortho intramolecular Hbond substituents is 1. The molecule has 46 heavy (non-hydrogen) atoms. The summed E-state index contributed by atoms with van der Waals surface area (Å²) >= 11 is 1.23. The lowest BCUT2D eigenvalue weighted by Gasteiger charge is -2.11. The number of para-hydroxylation sites is 1. The van der Waals surface area contributed by atoms with Crippen molar-refractivity contribution in [2.45, 2.75) is 17.6 Å². The lowest BCUT2D eigenvalue weighted by atomic mass is 10.1. The van der Waals surface area contributed by atoms with E-state index in [0.29, 0.717) is 42.2 Å². The molecule has 5 rings (SSSR count). The van der Waals surface area contributed by atoms with Crippen molar-refractivity contribution in [3.63, 3.8) is 0 Å². The van der Waals surface area contributed by atoms with Crippen LogP contribution in [0.25, 0.3) is 21.0 Å². The first-order valence-electron chi connectivity index (χ1n) is 14.2. The lowest BCUT2D eigenvalue weighted by molar-refractivity contribution is -0.125. The van der Waals surface area contributed by atoms with E-state index in [1.165, 1.54) is 30.6 Å². The van der Waals surface area contributed by atoms with E-state index in [4.69, 9.17) is 9.47 Å². The number of rotatable bonds is 15. The zero-order valence-electron chi connectivity index (χ0n) is 24.6.